The highest BCUT2D eigenvalue weighted by Crippen LogP contribution is 2.29. The number of aromatic nitrogens is 1. The average molecular weight is 342 g/mol. The molecule has 0 radical (unpaired) electrons. The fraction of sp³-hybridized carbons (Fsp3) is 0.632. The molecular formula is C19H26N4O2. The van der Waals surface area contributed by atoms with Crippen LogP contribution < -0.4 is 5.56 Å². The summed E-state index contributed by atoms with van der Waals surface area (Å²) >= 11 is 0. The number of hydrogen-bond donors (Lipinski definition) is 1. The number of aryl methyl sites for hydroxylation is 1. The molecule has 2 aliphatic rings. The van der Waals surface area contributed by atoms with E-state index in [9.17, 15) is 14.9 Å². The summed E-state index contributed by atoms with van der Waals surface area (Å²) in [6.45, 7) is 4.32. The van der Waals surface area contributed by atoms with E-state index in [1.54, 1.807) is 24.0 Å². The normalized spacial score (nSPS) is 20.9. The first-order chi connectivity index (χ1) is 12.1. The highest BCUT2D eigenvalue weighted by molar-refractivity contribution is 5.93. The molecule has 3 rings (SSSR count). The number of amides is 1. The van der Waals surface area contributed by atoms with E-state index < -0.39 is 0 Å². The second kappa shape index (κ2) is 7.83. The number of nitriles is 1. The summed E-state index contributed by atoms with van der Waals surface area (Å²) in [6, 6.07) is 5.81. The lowest BCUT2D eigenvalue weighted by Crippen LogP contribution is -2.54. The van der Waals surface area contributed by atoms with Crippen LogP contribution in [0.3, 0.4) is 0 Å². The molecule has 25 heavy (non-hydrogen) atoms. The number of hydrogen-bond acceptors (Lipinski definition) is 4. The Kier molecular flexibility index (Phi) is 5.54. The lowest BCUT2D eigenvalue weighted by atomic mass is 9.83. The molecule has 1 N–H and O–H groups in total. The second-order valence-corrected chi connectivity index (χ2v) is 7.18. The molecule has 0 aromatic carbocycles. The zero-order valence-electron chi connectivity index (χ0n) is 14.8. The fourth-order valence-corrected chi connectivity index (χ4v) is 4.05. The Bertz CT molecular complexity index is 707. The Labute approximate surface area is 148 Å². The van der Waals surface area contributed by atoms with Gasteiger partial charge in [0.2, 0.25) is 0 Å². The zero-order chi connectivity index (χ0) is 17.8. The molecule has 1 amide bonds. The van der Waals surface area contributed by atoms with E-state index in [1.807, 2.05) is 0 Å². The summed E-state index contributed by atoms with van der Waals surface area (Å²) in [7, 11) is 0. The number of piperazine rings is 1. The van der Waals surface area contributed by atoms with Gasteiger partial charge in [0.05, 0.1) is 6.07 Å². The van der Waals surface area contributed by atoms with Crippen LogP contribution in [0.4, 0.5) is 0 Å². The minimum atomic E-state index is -0.329. The van der Waals surface area contributed by atoms with E-state index in [-0.39, 0.29) is 23.1 Å². The standard InChI is InChI=1S/C19H26N4O2/c1-14-7-8-16(18(24)21-14)19(25)23-11-9-22(10-12-23)17(13-20)15-5-3-2-4-6-15/h7-8,15,17H,2-6,9-12H2,1H3,(H,21,24)/t17-/m1/s1. The van der Waals surface area contributed by atoms with Gasteiger partial charge >= 0.3 is 0 Å². The van der Waals surface area contributed by atoms with Gasteiger partial charge in [0, 0.05) is 31.9 Å². The molecule has 1 atom stereocenters. The highest BCUT2D eigenvalue weighted by Gasteiger charge is 2.32. The molecule has 2 heterocycles. The predicted molar refractivity (Wildman–Crippen MR) is 95.3 cm³/mol. The Morgan fingerprint density at radius 2 is 1.88 bits per heavy atom. The number of rotatable bonds is 3. The van der Waals surface area contributed by atoms with Crippen LogP contribution in [-0.2, 0) is 0 Å². The fourth-order valence-electron chi connectivity index (χ4n) is 4.05. The van der Waals surface area contributed by atoms with Crippen LogP contribution in [0.5, 0.6) is 0 Å². The minimum Gasteiger partial charge on any atom is -0.336 e. The third-order valence-electron chi connectivity index (χ3n) is 5.51. The number of carbonyl (C=O) groups is 1. The van der Waals surface area contributed by atoms with Crippen molar-refractivity contribution in [3.8, 4) is 6.07 Å². The van der Waals surface area contributed by atoms with Crippen LogP contribution in [0.1, 0.15) is 48.2 Å². The molecule has 1 aliphatic heterocycles. The Morgan fingerprint density at radius 3 is 2.48 bits per heavy atom. The number of pyridine rings is 1. The molecular weight excluding hydrogens is 316 g/mol. The molecule has 1 aliphatic carbocycles. The number of carbonyl (C=O) groups excluding carboxylic acids is 1. The summed E-state index contributed by atoms with van der Waals surface area (Å²) in [5, 5.41) is 9.63. The summed E-state index contributed by atoms with van der Waals surface area (Å²) in [6.07, 6.45) is 5.99. The number of nitrogens with one attached hydrogen (secondary N) is 1. The van der Waals surface area contributed by atoms with Crippen LogP contribution >= 0.6 is 0 Å². The Morgan fingerprint density at radius 1 is 1.20 bits per heavy atom. The lowest BCUT2D eigenvalue weighted by molar-refractivity contribution is 0.0537. The van der Waals surface area contributed by atoms with Gasteiger partial charge in [-0.2, -0.15) is 5.26 Å². The lowest BCUT2D eigenvalue weighted by Gasteiger charge is -2.40. The SMILES string of the molecule is Cc1ccc(C(=O)N2CCN([C@H](C#N)C3CCCCC3)CC2)c(=O)[nH]1. The quantitative estimate of drug-likeness (QED) is 0.910. The largest absolute Gasteiger partial charge is 0.336 e. The maximum atomic E-state index is 12.6. The van der Waals surface area contributed by atoms with Gasteiger partial charge in [0.25, 0.3) is 11.5 Å². The van der Waals surface area contributed by atoms with E-state index in [2.05, 4.69) is 16.0 Å². The van der Waals surface area contributed by atoms with Crippen LogP contribution in [0.2, 0.25) is 0 Å². The van der Waals surface area contributed by atoms with Crippen LogP contribution in [0.25, 0.3) is 0 Å². The molecule has 1 aromatic heterocycles. The molecule has 134 valence electrons. The van der Waals surface area contributed by atoms with Crippen LogP contribution in [-0.4, -0.2) is 52.9 Å². The maximum Gasteiger partial charge on any atom is 0.260 e. The first kappa shape index (κ1) is 17.7. The van der Waals surface area contributed by atoms with Gasteiger partial charge in [0.1, 0.15) is 11.6 Å². The maximum absolute atomic E-state index is 12.6. The zero-order valence-corrected chi connectivity index (χ0v) is 14.8. The molecule has 2 fully saturated rings. The third kappa shape index (κ3) is 3.93. The van der Waals surface area contributed by atoms with E-state index in [0.717, 1.165) is 18.5 Å². The second-order valence-electron chi connectivity index (χ2n) is 7.18. The third-order valence-corrected chi connectivity index (χ3v) is 5.51. The Hall–Kier alpha value is -2.13. The molecule has 1 saturated carbocycles. The smallest absolute Gasteiger partial charge is 0.260 e. The average Bonchev–Trinajstić information content (AvgIpc) is 2.63. The van der Waals surface area contributed by atoms with Crippen molar-refractivity contribution in [2.75, 3.05) is 26.2 Å². The van der Waals surface area contributed by atoms with Crippen molar-refractivity contribution in [3.63, 3.8) is 0 Å². The van der Waals surface area contributed by atoms with Gasteiger partial charge in [0.15, 0.2) is 0 Å². The predicted octanol–water partition coefficient (Wildman–Crippen LogP) is 1.91. The van der Waals surface area contributed by atoms with Crippen molar-refractivity contribution >= 4 is 5.91 Å². The monoisotopic (exact) mass is 342 g/mol. The van der Waals surface area contributed by atoms with Crippen molar-refractivity contribution in [1.82, 2.24) is 14.8 Å². The van der Waals surface area contributed by atoms with Crippen molar-refractivity contribution in [2.24, 2.45) is 5.92 Å². The van der Waals surface area contributed by atoms with Crippen molar-refractivity contribution < 1.29 is 4.79 Å². The number of aromatic amines is 1. The first-order valence-corrected chi connectivity index (χ1v) is 9.23. The van der Waals surface area contributed by atoms with Gasteiger partial charge in [-0.15, -0.1) is 0 Å². The molecule has 1 saturated heterocycles. The summed E-state index contributed by atoms with van der Waals surface area (Å²) < 4.78 is 0. The van der Waals surface area contributed by atoms with Gasteiger partial charge < -0.3 is 9.88 Å². The van der Waals surface area contributed by atoms with Gasteiger partial charge in [-0.25, -0.2) is 0 Å². The van der Waals surface area contributed by atoms with Crippen molar-refractivity contribution in [3.05, 3.63) is 33.7 Å². The summed E-state index contributed by atoms with van der Waals surface area (Å²) in [5.74, 6) is 0.244. The summed E-state index contributed by atoms with van der Waals surface area (Å²) in [5.41, 5.74) is 0.614. The summed E-state index contributed by atoms with van der Waals surface area (Å²) in [4.78, 5) is 31.2. The van der Waals surface area contributed by atoms with Crippen molar-refractivity contribution in [2.45, 2.75) is 45.1 Å². The van der Waals surface area contributed by atoms with E-state index in [1.165, 1.54) is 19.3 Å². The molecule has 0 bridgehead atoms. The highest BCUT2D eigenvalue weighted by atomic mass is 16.2. The van der Waals surface area contributed by atoms with E-state index >= 15 is 0 Å². The molecule has 0 unspecified atom stereocenters. The number of H-pyrrole nitrogens is 1. The first-order valence-electron chi connectivity index (χ1n) is 9.23. The van der Waals surface area contributed by atoms with Gasteiger partial charge in [-0.1, -0.05) is 19.3 Å². The molecule has 6 nitrogen and oxygen atoms in total. The Balaban J connectivity index is 1.62. The minimum absolute atomic E-state index is 0.0414. The van der Waals surface area contributed by atoms with E-state index in [0.29, 0.717) is 32.1 Å². The van der Waals surface area contributed by atoms with Crippen LogP contribution in [0, 0.1) is 24.2 Å². The van der Waals surface area contributed by atoms with Crippen molar-refractivity contribution in [1.29, 1.82) is 5.26 Å². The van der Waals surface area contributed by atoms with Crippen LogP contribution in [0.15, 0.2) is 16.9 Å². The molecule has 0 spiro atoms. The topological polar surface area (TPSA) is 80.2 Å². The molecule has 1 aromatic rings. The van der Waals surface area contributed by atoms with Gasteiger partial charge in [-0.3, -0.25) is 14.5 Å². The van der Waals surface area contributed by atoms with Gasteiger partial charge in [-0.05, 0) is 37.8 Å². The van der Waals surface area contributed by atoms with E-state index in [4.69, 9.17) is 0 Å². The molecule has 6 heteroatoms. The number of nitrogens with zero attached hydrogens (tertiary/aromatic N) is 3.